The number of hydrogen-bond acceptors (Lipinski definition) is 5. The molecule has 0 aliphatic carbocycles. The number of piperidine rings is 1. The van der Waals surface area contributed by atoms with Crippen molar-refractivity contribution in [2.75, 3.05) is 13.1 Å². The second-order valence-electron chi connectivity index (χ2n) is 8.63. The fourth-order valence-electron chi connectivity index (χ4n) is 4.29. The molecule has 0 saturated carbocycles. The van der Waals surface area contributed by atoms with Crippen molar-refractivity contribution in [3.05, 3.63) is 70.6 Å². The SMILES string of the molecule is CCCCCn1nc(C(=O)N2CCC(NS(=O)(=O)c3ccccc3)CC2)c2ccccc2c1=O. The summed E-state index contributed by atoms with van der Waals surface area (Å²) in [7, 11) is -3.60. The summed E-state index contributed by atoms with van der Waals surface area (Å²) in [6.07, 6.45) is 3.84. The van der Waals surface area contributed by atoms with E-state index in [0.29, 0.717) is 43.2 Å². The van der Waals surface area contributed by atoms with Gasteiger partial charge in [0, 0.05) is 31.1 Å². The minimum absolute atomic E-state index is 0.183. The van der Waals surface area contributed by atoms with Crippen molar-refractivity contribution in [2.24, 2.45) is 0 Å². The zero-order valence-electron chi connectivity index (χ0n) is 19.3. The Bertz CT molecular complexity index is 1310. The van der Waals surface area contributed by atoms with Gasteiger partial charge in [0.2, 0.25) is 10.0 Å². The van der Waals surface area contributed by atoms with E-state index in [0.717, 1.165) is 19.3 Å². The summed E-state index contributed by atoms with van der Waals surface area (Å²) in [6, 6.07) is 15.1. The smallest absolute Gasteiger partial charge is 0.274 e. The maximum atomic E-state index is 13.4. The third kappa shape index (κ3) is 5.20. The van der Waals surface area contributed by atoms with Crippen molar-refractivity contribution in [2.45, 2.75) is 56.5 Å². The molecule has 34 heavy (non-hydrogen) atoms. The summed E-state index contributed by atoms with van der Waals surface area (Å²) in [6.45, 7) is 3.38. The van der Waals surface area contributed by atoms with E-state index in [1.165, 1.54) is 4.68 Å². The van der Waals surface area contributed by atoms with Crippen LogP contribution in [-0.2, 0) is 16.6 Å². The van der Waals surface area contributed by atoms with Crippen molar-refractivity contribution in [3.8, 4) is 0 Å². The lowest BCUT2D eigenvalue weighted by molar-refractivity contribution is 0.0704. The van der Waals surface area contributed by atoms with Crippen LogP contribution in [0.15, 0.2) is 64.3 Å². The van der Waals surface area contributed by atoms with Crippen LogP contribution in [0.4, 0.5) is 0 Å². The topological polar surface area (TPSA) is 101 Å². The highest BCUT2D eigenvalue weighted by Gasteiger charge is 2.29. The molecule has 2 heterocycles. The van der Waals surface area contributed by atoms with Crippen molar-refractivity contribution >= 4 is 26.7 Å². The van der Waals surface area contributed by atoms with Crippen molar-refractivity contribution < 1.29 is 13.2 Å². The molecule has 1 aliphatic rings. The van der Waals surface area contributed by atoms with Gasteiger partial charge >= 0.3 is 0 Å². The predicted octanol–water partition coefficient (Wildman–Crippen LogP) is 3.17. The van der Waals surface area contributed by atoms with E-state index in [4.69, 9.17) is 0 Å². The highest BCUT2D eigenvalue weighted by atomic mass is 32.2. The van der Waals surface area contributed by atoms with Gasteiger partial charge in [-0.05, 0) is 37.5 Å². The van der Waals surface area contributed by atoms with E-state index in [1.807, 2.05) is 0 Å². The van der Waals surface area contributed by atoms with Gasteiger partial charge < -0.3 is 4.90 Å². The van der Waals surface area contributed by atoms with E-state index in [2.05, 4.69) is 16.7 Å². The maximum Gasteiger partial charge on any atom is 0.274 e. The Hall–Kier alpha value is -3.04. The molecule has 180 valence electrons. The summed E-state index contributed by atoms with van der Waals surface area (Å²) in [5, 5.41) is 5.51. The normalized spacial score (nSPS) is 15.0. The summed E-state index contributed by atoms with van der Waals surface area (Å²) >= 11 is 0. The van der Waals surface area contributed by atoms with E-state index >= 15 is 0 Å². The van der Waals surface area contributed by atoms with Crippen LogP contribution in [0.1, 0.15) is 49.5 Å². The van der Waals surface area contributed by atoms with Crippen LogP contribution < -0.4 is 10.3 Å². The molecule has 9 heteroatoms. The number of carbonyl (C=O) groups excluding carboxylic acids is 1. The number of unbranched alkanes of at least 4 members (excludes halogenated alkanes) is 2. The molecular formula is C25H30N4O4S. The Morgan fingerprint density at radius 3 is 2.32 bits per heavy atom. The van der Waals surface area contributed by atoms with E-state index in [9.17, 15) is 18.0 Å². The Morgan fingerprint density at radius 1 is 1.00 bits per heavy atom. The quantitative estimate of drug-likeness (QED) is 0.497. The first kappa shape index (κ1) is 24.1. The summed E-state index contributed by atoms with van der Waals surface area (Å²) in [5.41, 5.74) is 0.0901. The third-order valence-electron chi connectivity index (χ3n) is 6.20. The number of aryl methyl sites for hydroxylation is 1. The fourth-order valence-corrected chi connectivity index (χ4v) is 5.62. The lowest BCUT2D eigenvalue weighted by atomic mass is 10.0. The predicted molar refractivity (Wildman–Crippen MR) is 131 cm³/mol. The first-order valence-corrected chi connectivity index (χ1v) is 13.3. The second kappa shape index (κ2) is 10.5. The maximum absolute atomic E-state index is 13.4. The Balaban J connectivity index is 1.50. The number of benzene rings is 2. The van der Waals surface area contributed by atoms with Gasteiger partial charge in [-0.15, -0.1) is 0 Å². The lowest BCUT2D eigenvalue weighted by Crippen LogP contribution is -2.47. The number of hydrogen-bond donors (Lipinski definition) is 1. The first-order valence-electron chi connectivity index (χ1n) is 11.8. The van der Waals surface area contributed by atoms with Crippen LogP contribution in [0.25, 0.3) is 10.8 Å². The number of rotatable bonds is 8. The van der Waals surface area contributed by atoms with Gasteiger partial charge in [0.05, 0.1) is 10.3 Å². The van der Waals surface area contributed by atoms with Crippen LogP contribution in [0, 0.1) is 0 Å². The zero-order chi connectivity index (χ0) is 24.1. The fraction of sp³-hybridized carbons (Fsp3) is 0.400. The molecule has 3 aromatic rings. The van der Waals surface area contributed by atoms with Crippen molar-refractivity contribution in [1.29, 1.82) is 0 Å². The lowest BCUT2D eigenvalue weighted by Gasteiger charge is -2.32. The van der Waals surface area contributed by atoms with Crippen molar-refractivity contribution in [3.63, 3.8) is 0 Å². The molecule has 0 radical (unpaired) electrons. The number of nitrogens with zero attached hydrogens (tertiary/aromatic N) is 3. The second-order valence-corrected chi connectivity index (χ2v) is 10.3. The van der Waals surface area contributed by atoms with Gasteiger partial charge in [0.1, 0.15) is 0 Å². The Morgan fingerprint density at radius 2 is 1.65 bits per heavy atom. The molecule has 1 aromatic heterocycles. The van der Waals surface area contributed by atoms with Gasteiger partial charge in [-0.3, -0.25) is 9.59 Å². The number of amides is 1. The molecule has 0 atom stereocenters. The molecule has 1 amide bonds. The molecule has 0 bridgehead atoms. The molecule has 1 saturated heterocycles. The summed E-state index contributed by atoms with van der Waals surface area (Å²) in [4.78, 5) is 28.2. The average Bonchev–Trinajstić information content (AvgIpc) is 2.86. The van der Waals surface area contributed by atoms with Gasteiger partial charge in [0.15, 0.2) is 5.69 Å². The van der Waals surface area contributed by atoms with E-state index in [-0.39, 0.29) is 28.1 Å². The molecule has 0 spiro atoms. The van der Waals surface area contributed by atoms with Crippen molar-refractivity contribution in [1.82, 2.24) is 19.4 Å². The van der Waals surface area contributed by atoms with Crippen LogP contribution >= 0.6 is 0 Å². The van der Waals surface area contributed by atoms with E-state index in [1.54, 1.807) is 59.5 Å². The Labute approximate surface area is 199 Å². The molecule has 4 rings (SSSR count). The highest BCUT2D eigenvalue weighted by Crippen LogP contribution is 2.20. The minimum atomic E-state index is -3.60. The molecule has 2 aromatic carbocycles. The van der Waals surface area contributed by atoms with E-state index < -0.39 is 10.0 Å². The van der Waals surface area contributed by atoms with Gasteiger partial charge in [-0.2, -0.15) is 5.10 Å². The zero-order valence-corrected chi connectivity index (χ0v) is 20.1. The highest BCUT2D eigenvalue weighted by molar-refractivity contribution is 7.89. The van der Waals surface area contributed by atoms with Crippen LogP contribution in [0.3, 0.4) is 0 Å². The van der Waals surface area contributed by atoms with Crippen LogP contribution in [0.2, 0.25) is 0 Å². The monoisotopic (exact) mass is 482 g/mol. The summed E-state index contributed by atoms with van der Waals surface area (Å²) in [5.74, 6) is -0.232. The molecular weight excluding hydrogens is 452 g/mol. The molecule has 1 fully saturated rings. The number of likely N-dealkylation sites (tertiary alicyclic amines) is 1. The van der Waals surface area contributed by atoms with Crippen LogP contribution in [0.5, 0.6) is 0 Å². The third-order valence-corrected chi connectivity index (χ3v) is 7.74. The Kier molecular flexibility index (Phi) is 7.43. The average molecular weight is 483 g/mol. The number of sulfonamides is 1. The number of fused-ring (bicyclic) bond motifs is 1. The minimum Gasteiger partial charge on any atom is -0.337 e. The number of nitrogens with one attached hydrogen (secondary N) is 1. The standard InChI is InChI=1S/C25H30N4O4S/c1-2-3-9-16-29-24(30)22-13-8-7-12-21(22)23(26-29)25(31)28-17-14-19(15-18-28)27-34(32,33)20-10-5-4-6-11-20/h4-8,10-13,19,27H,2-3,9,14-18H2,1H3. The molecule has 8 nitrogen and oxygen atoms in total. The molecule has 1 aliphatic heterocycles. The van der Waals surface area contributed by atoms with Gasteiger partial charge in [-0.1, -0.05) is 56.2 Å². The molecule has 0 unspecified atom stereocenters. The van der Waals surface area contributed by atoms with Gasteiger partial charge in [-0.25, -0.2) is 17.8 Å². The first-order chi connectivity index (χ1) is 16.4. The largest absolute Gasteiger partial charge is 0.337 e. The molecule has 1 N–H and O–H groups in total. The van der Waals surface area contributed by atoms with Gasteiger partial charge in [0.25, 0.3) is 11.5 Å². The van der Waals surface area contributed by atoms with Crippen LogP contribution in [-0.4, -0.2) is 48.1 Å². The number of aromatic nitrogens is 2. The summed E-state index contributed by atoms with van der Waals surface area (Å²) < 4.78 is 29.4. The number of carbonyl (C=O) groups is 1.